The molecule has 2 aromatic heterocycles. The van der Waals surface area contributed by atoms with Gasteiger partial charge in [-0.1, -0.05) is 6.92 Å². The molecule has 0 spiro atoms. The van der Waals surface area contributed by atoms with Gasteiger partial charge in [0.2, 0.25) is 0 Å². The maximum atomic E-state index is 4.68. The summed E-state index contributed by atoms with van der Waals surface area (Å²) in [5.41, 5.74) is 3.83. The molecule has 0 amide bonds. The molecular formula is C14H20BrN3S. The Labute approximate surface area is 127 Å². The summed E-state index contributed by atoms with van der Waals surface area (Å²) in [5.74, 6) is 0. The average molecular weight is 342 g/mol. The number of aryl methyl sites for hydroxylation is 1. The van der Waals surface area contributed by atoms with Gasteiger partial charge in [-0.2, -0.15) is 5.10 Å². The van der Waals surface area contributed by atoms with E-state index in [4.69, 9.17) is 0 Å². The molecule has 0 saturated carbocycles. The Balaban J connectivity index is 2.14. The van der Waals surface area contributed by atoms with Crippen molar-refractivity contribution in [2.75, 3.05) is 13.1 Å². The summed E-state index contributed by atoms with van der Waals surface area (Å²) in [7, 11) is 0. The molecule has 19 heavy (non-hydrogen) atoms. The molecule has 0 bridgehead atoms. The second kappa shape index (κ2) is 6.68. The molecule has 0 atom stereocenters. The van der Waals surface area contributed by atoms with Crippen LogP contribution in [0.5, 0.6) is 0 Å². The molecule has 5 heteroatoms. The second-order valence-electron chi connectivity index (χ2n) is 4.60. The molecule has 104 valence electrons. The predicted molar refractivity (Wildman–Crippen MR) is 85.1 cm³/mol. The van der Waals surface area contributed by atoms with Gasteiger partial charge < -0.3 is 5.32 Å². The molecular weight excluding hydrogens is 322 g/mol. The fourth-order valence-corrected chi connectivity index (χ4v) is 3.67. The van der Waals surface area contributed by atoms with Gasteiger partial charge in [-0.15, -0.1) is 11.3 Å². The molecule has 0 aliphatic rings. The summed E-state index contributed by atoms with van der Waals surface area (Å²) in [6.45, 7) is 9.31. The molecule has 0 fully saturated rings. The smallest absolute Gasteiger partial charge is 0.0766 e. The number of hydrogen-bond acceptors (Lipinski definition) is 3. The van der Waals surface area contributed by atoms with Crippen LogP contribution in [0.1, 0.15) is 28.8 Å². The third-order valence-corrected chi connectivity index (χ3v) is 5.23. The van der Waals surface area contributed by atoms with Gasteiger partial charge in [0.15, 0.2) is 0 Å². The molecule has 0 aliphatic heterocycles. The number of nitrogens with zero attached hydrogens (tertiary/aromatic N) is 2. The van der Waals surface area contributed by atoms with E-state index in [1.165, 1.54) is 20.6 Å². The Kier molecular flexibility index (Phi) is 5.19. The monoisotopic (exact) mass is 341 g/mol. The molecule has 0 radical (unpaired) electrons. The highest BCUT2D eigenvalue weighted by molar-refractivity contribution is 9.10. The zero-order chi connectivity index (χ0) is 13.8. The highest BCUT2D eigenvalue weighted by Crippen LogP contribution is 2.24. The van der Waals surface area contributed by atoms with E-state index in [9.17, 15) is 0 Å². The van der Waals surface area contributed by atoms with E-state index < -0.39 is 0 Å². The molecule has 3 nitrogen and oxygen atoms in total. The van der Waals surface area contributed by atoms with Gasteiger partial charge in [0, 0.05) is 15.0 Å². The van der Waals surface area contributed by atoms with Gasteiger partial charge in [0.05, 0.1) is 12.2 Å². The van der Waals surface area contributed by atoms with Gasteiger partial charge in [0.25, 0.3) is 0 Å². The number of likely N-dealkylation sites (N-methyl/N-ethyl adjacent to an activating group) is 1. The van der Waals surface area contributed by atoms with E-state index in [0.717, 1.165) is 31.7 Å². The number of hydrogen-bond donors (Lipinski definition) is 1. The maximum absolute atomic E-state index is 4.68. The quantitative estimate of drug-likeness (QED) is 0.814. The third-order valence-electron chi connectivity index (χ3n) is 3.32. The average Bonchev–Trinajstić information content (AvgIpc) is 2.89. The molecule has 0 unspecified atom stereocenters. The number of halogens is 1. The lowest BCUT2D eigenvalue weighted by molar-refractivity contribution is 0.662. The fraction of sp³-hybridized carbons (Fsp3) is 0.500. The van der Waals surface area contributed by atoms with Crippen molar-refractivity contribution >= 4 is 27.3 Å². The number of aromatic nitrogens is 2. The van der Waals surface area contributed by atoms with Crippen LogP contribution >= 0.6 is 27.3 Å². The molecule has 2 rings (SSSR count). The van der Waals surface area contributed by atoms with E-state index in [1.807, 2.05) is 0 Å². The van der Waals surface area contributed by atoms with Crippen molar-refractivity contribution < 1.29 is 0 Å². The molecule has 2 aromatic rings. The predicted octanol–water partition coefficient (Wildman–Crippen LogP) is 3.52. The molecule has 0 aliphatic carbocycles. The first kappa shape index (κ1) is 14.8. The van der Waals surface area contributed by atoms with E-state index in [1.54, 1.807) is 11.3 Å². The van der Waals surface area contributed by atoms with Crippen LogP contribution in [-0.4, -0.2) is 22.9 Å². The maximum Gasteiger partial charge on any atom is 0.0766 e. The lowest BCUT2D eigenvalue weighted by Gasteiger charge is -2.05. The lowest BCUT2D eigenvalue weighted by atomic mass is 10.1. The second-order valence-corrected chi connectivity index (χ2v) is 6.46. The normalized spacial score (nSPS) is 11.2. The number of rotatable bonds is 6. The topological polar surface area (TPSA) is 29.9 Å². The summed E-state index contributed by atoms with van der Waals surface area (Å²) in [6.07, 6.45) is 1.05. The van der Waals surface area contributed by atoms with E-state index in [-0.39, 0.29) is 0 Å². The van der Waals surface area contributed by atoms with Crippen LogP contribution in [0.3, 0.4) is 0 Å². The number of thiophene rings is 1. The van der Waals surface area contributed by atoms with Crippen molar-refractivity contribution in [2.24, 2.45) is 0 Å². The Morgan fingerprint density at radius 1 is 1.42 bits per heavy atom. The zero-order valence-corrected chi connectivity index (χ0v) is 14.1. The van der Waals surface area contributed by atoms with E-state index >= 15 is 0 Å². The highest BCUT2D eigenvalue weighted by Gasteiger charge is 2.12. The van der Waals surface area contributed by atoms with Crippen LogP contribution in [0.25, 0.3) is 0 Å². The summed E-state index contributed by atoms with van der Waals surface area (Å²) < 4.78 is 3.30. The standard InChI is InChI=1S/C14H20BrN3S/c1-4-16-7-5-12-10(2)17-18(11(12)3)9-14-13(15)6-8-19-14/h6,8,16H,4-5,7,9H2,1-3H3. The van der Waals surface area contributed by atoms with Crippen molar-refractivity contribution in [3.63, 3.8) is 0 Å². The first-order valence-electron chi connectivity index (χ1n) is 6.59. The summed E-state index contributed by atoms with van der Waals surface area (Å²) >= 11 is 5.35. The third kappa shape index (κ3) is 3.46. The first-order chi connectivity index (χ1) is 9.13. The zero-order valence-electron chi connectivity index (χ0n) is 11.7. The van der Waals surface area contributed by atoms with E-state index in [2.05, 4.69) is 63.2 Å². The van der Waals surface area contributed by atoms with Crippen LogP contribution in [-0.2, 0) is 13.0 Å². The largest absolute Gasteiger partial charge is 0.317 e. The van der Waals surface area contributed by atoms with Gasteiger partial charge in [-0.3, -0.25) is 4.68 Å². The van der Waals surface area contributed by atoms with Crippen molar-refractivity contribution in [2.45, 2.75) is 33.7 Å². The van der Waals surface area contributed by atoms with Crippen LogP contribution in [0.2, 0.25) is 0 Å². The van der Waals surface area contributed by atoms with Gasteiger partial charge in [0.1, 0.15) is 0 Å². The van der Waals surface area contributed by atoms with Crippen LogP contribution in [0.4, 0.5) is 0 Å². The Hall–Kier alpha value is -0.650. The Bertz CT molecular complexity index is 545. The van der Waals surface area contributed by atoms with Crippen LogP contribution in [0.15, 0.2) is 15.9 Å². The molecule has 1 N–H and O–H groups in total. The summed E-state index contributed by atoms with van der Waals surface area (Å²) in [6, 6.07) is 2.10. The highest BCUT2D eigenvalue weighted by atomic mass is 79.9. The van der Waals surface area contributed by atoms with Gasteiger partial charge in [-0.05, 0) is 66.3 Å². The van der Waals surface area contributed by atoms with Crippen molar-refractivity contribution in [1.29, 1.82) is 0 Å². The van der Waals surface area contributed by atoms with Gasteiger partial charge in [-0.25, -0.2) is 0 Å². The number of nitrogens with one attached hydrogen (secondary N) is 1. The fourth-order valence-electron chi connectivity index (χ4n) is 2.21. The summed E-state index contributed by atoms with van der Waals surface area (Å²) in [4.78, 5) is 1.32. The molecule has 2 heterocycles. The molecule has 0 saturated heterocycles. The minimum atomic E-state index is 0.853. The SMILES string of the molecule is CCNCCc1c(C)nn(Cc2sccc2Br)c1C. The Morgan fingerprint density at radius 3 is 2.84 bits per heavy atom. The van der Waals surface area contributed by atoms with Gasteiger partial charge >= 0.3 is 0 Å². The van der Waals surface area contributed by atoms with Crippen molar-refractivity contribution in [3.05, 3.63) is 37.7 Å². The van der Waals surface area contributed by atoms with Crippen molar-refractivity contribution in [3.8, 4) is 0 Å². The lowest BCUT2D eigenvalue weighted by Crippen LogP contribution is -2.16. The van der Waals surface area contributed by atoms with Crippen LogP contribution < -0.4 is 5.32 Å². The minimum Gasteiger partial charge on any atom is -0.317 e. The Morgan fingerprint density at radius 2 is 2.21 bits per heavy atom. The first-order valence-corrected chi connectivity index (χ1v) is 8.26. The minimum absolute atomic E-state index is 0.853. The van der Waals surface area contributed by atoms with E-state index in [0.29, 0.717) is 0 Å². The van der Waals surface area contributed by atoms with Crippen molar-refractivity contribution in [1.82, 2.24) is 15.1 Å². The summed E-state index contributed by atoms with van der Waals surface area (Å²) in [5, 5.41) is 10.2. The van der Waals surface area contributed by atoms with Crippen LogP contribution in [0, 0.1) is 13.8 Å². The molecule has 0 aromatic carbocycles.